The van der Waals surface area contributed by atoms with Crippen molar-refractivity contribution in [3.8, 4) is 5.75 Å². The number of methoxy groups -OCH3 is 1. The van der Waals surface area contributed by atoms with Crippen LogP contribution >= 0.6 is 11.3 Å². The maximum absolute atomic E-state index is 10.5. The largest absolute Gasteiger partial charge is 0.496 e. The average molecular weight is 384 g/mol. The molecule has 27 heavy (non-hydrogen) atoms. The minimum Gasteiger partial charge on any atom is -0.496 e. The zero-order chi connectivity index (χ0) is 19.2. The SMILES string of the molecule is CN=C(NCc1ccc(C)c(OC)c1)NCC(O)c1cc2ccccc2s1. The van der Waals surface area contributed by atoms with Crippen LogP contribution in [0.4, 0.5) is 0 Å². The van der Waals surface area contributed by atoms with Crippen LogP contribution in [0.2, 0.25) is 0 Å². The second-order valence-corrected chi connectivity index (χ2v) is 7.43. The lowest BCUT2D eigenvalue weighted by atomic mass is 10.1. The molecular formula is C21H25N3O2S. The summed E-state index contributed by atoms with van der Waals surface area (Å²) in [6.07, 6.45) is -0.583. The number of aryl methyl sites for hydroxylation is 1. The van der Waals surface area contributed by atoms with E-state index in [0.717, 1.165) is 27.1 Å². The van der Waals surface area contributed by atoms with Crippen molar-refractivity contribution >= 4 is 27.4 Å². The Morgan fingerprint density at radius 3 is 2.74 bits per heavy atom. The Morgan fingerprint density at radius 1 is 1.19 bits per heavy atom. The molecule has 1 aromatic heterocycles. The minimum absolute atomic E-state index is 0.393. The Bertz CT molecular complexity index is 903. The summed E-state index contributed by atoms with van der Waals surface area (Å²) in [4.78, 5) is 5.17. The molecule has 1 atom stereocenters. The summed E-state index contributed by atoms with van der Waals surface area (Å²) in [6.45, 7) is 3.03. The summed E-state index contributed by atoms with van der Waals surface area (Å²) in [5, 5.41) is 18.1. The summed E-state index contributed by atoms with van der Waals surface area (Å²) < 4.78 is 6.55. The number of guanidine groups is 1. The lowest BCUT2D eigenvalue weighted by Gasteiger charge is -2.15. The lowest BCUT2D eigenvalue weighted by Crippen LogP contribution is -2.38. The van der Waals surface area contributed by atoms with Crippen LogP contribution in [0.1, 0.15) is 22.1 Å². The van der Waals surface area contributed by atoms with Gasteiger partial charge in [-0.05, 0) is 41.6 Å². The van der Waals surface area contributed by atoms with Gasteiger partial charge in [0.05, 0.1) is 7.11 Å². The molecule has 1 heterocycles. The molecule has 0 aliphatic rings. The van der Waals surface area contributed by atoms with Crippen molar-refractivity contribution in [2.75, 3.05) is 20.7 Å². The van der Waals surface area contributed by atoms with E-state index in [1.807, 2.05) is 37.3 Å². The number of aliphatic hydroxyl groups is 1. The van der Waals surface area contributed by atoms with E-state index in [1.54, 1.807) is 25.5 Å². The maximum atomic E-state index is 10.5. The molecule has 0 saturated heterocycles. The third-order valence-corrected chi connectivity index (χ3v) is 5.61. The number of thiophene rings is 1. The van der Waals surface area contributed by atoms with Gasteiger partial charge >= 0.3 is 0 Å². The highest BCUT2D eigenvalue weighted by molar-refractivity contribution is 7.19. The van der Waals surface area contributed by atoms with Gasteiger partial charge in [0.2, 0.25) is 0 Å². The predicted molar refractivity (Wildman–Crippen MR) is 113 cm³/mol. The number of hydrogen-bond donors (Lipinski definition) is 3. The molecule has 0 aliphatic carbocycles. The Hall–Kier alpha value is -2.57. The molecule has 0 spiro atoms. The standard InChI is InChI=1S/C21H25N3O2S/c1-14-8-9-15(10-18(14)26-3)12-23-21(22-2)24-13-17(25)20-11-16-6-4-5-7-19(16)27-20/h4-11,17,25H,12-13H2,1-3H3,(H2,22,23,24). The number of ether oxygens (including phenoxy) is 1. The van der Waals surface area contributed by atoms with Crippen LogP contribution in [-0.4, -0.2) is 31.8 Å². The van der Waals surface area contributed by atoms with E-state index in [4.69, 9.17) is 4.74 Å². The van der Waals surface area contributed by atoms with Crippen LogP contribution in [-0.2, 0) is 6.54 Å². The van der Waals surface area contributed by atoms with Gasteiger partial charge < -0.3 is 20.5 Å². The van der Waals surface area contributed by atoms with Gasteiger partial charge in [-0.15, -0.1) is 11.3 Å². The number of rotatable bonds is 6. The molecule has 3 N–H and O–H groups in total. The molecule has 142 valence electrons. The fourth-order valence-electron chi connectivity index (χ4n) is 2.84. The Balaban J connectivity index is 1.55. The predicted octanol–water partition coefficient (Wildman–Crippen LogP) is 3.62. The Labute approximate surface area is 163 Å². The number of nitrogens with zero attached hydrogens (tertiary/aromatic N) is 1. The van der Waals surface area contributed by atoms with E-state index < -0.39 is 6.10 Å². The number of benzene rings is 2. The highest BCUT2D eigenvalue weighted by atomic mass is 32.1. The maximum Gasteiger partial charge on any atom is 0.191 e. The Morgan fingerprint density at radius 2 is 2.00 bits per heavy atom. The fourth-order valence-corrected chi connectivity index (χ4v) is 3.89. The van der Waals surface area contributed by atoms with E-state index >= 15 is 0 Å². The first-order valence-electron chi connectivity index (χ1n) is 8.85. The quantitative estimate of drug-likeness (QED) is 0.449. The smallest absolute Gasteiger partial charge is 0.191 e. The number of aliphatic hydroxyl groups excluding tert-OH is 1. The molecule has 3 rings (SSSR count). The molecule has 2 aromatic carbocycles. The van der Waals surface area contributed by atoms with Crippen LogP contribution in [0.15, 0.2) is 53.5 Å². The zero-order valence-electron chi connectivity index (χ0n) is 15.8. The van der Waals surface area contributed by atoms with E-state index in [2.05, 4.69) is 33.8 Å². The summed E-state index contributed by atoms with van der Waals surface area (Å²) >= 11 is 1.62. The van der Waals surface area contributed by atoms with Gasteiger partial charge in [0.1, 0.15) is 11.9 Å². The molecule has 3 aromatic rings. The first-order chi connectivity index (χ1) is 13.1. The van der Waals surface area contributed by atoms with Crippen LogP contribution in [0.25, 0.3) is 10.1 Å². The molecular weight excluding hydrogens is 358 g/mol. The zero-order valence-corrected chi connectivity index (χ0v) is 16.6. The van der Waals surface area contributed by atoms with Gasteiger partial charge in [-0.2, -0.15) is 0 Å². The van der Waals surface area contributed by atoms with Crippen LogP contribution in [0.5, 0.6) is 5.75 Å². The van der Waals surface area contributed by atoms with Crippen molar-refractivity contribution in [2.45, 2.75) is 19.6 Å². The van der Waals surface area contributed by atoms with Crippen LogP contribution in [0.3, 0.4) is 0 Å². The molecule has 0 bridgehead atoms. The number of nitrogens with one attached hydrogen (secondary N) is 2. The molecule has 0 saturated carbocycles. The molecule has 0 aliphatic heterocycles. The van der Waals surface area contributed by atoms with Crippen molar-refractivity contribution in [1.29, 1.82) is 0 Å². The fraction of sp³-hybridized carbons (Fsp3) is 0.286. The highest BCUT2D eigenvalue weighted by Gasteiger charge is 2.12. The van der Waals surface area contributed by atoms with Crippen LogP contribution < -0.4 is 15.4 Å². The molecule has 5 nitrogen and oxygen atoms in total. The van der Waals surface area contributed by atoms with Crippen molar-refractivity contribution < 1.29 is 9.84 Å². The van der Waals surface area contributed by atoms with Gasteiger partial charge in [0.25, 0.3) is 0 Å². The average Bonchev–Trinajstić information content (AvgIpc) is 3.13. The van der Waals surface area contributed by atoms with E-state index in [1.165, 1.54) is 4.70 Å². The van der Waals surface area contributed by atoms with Crippen molar-refractivity contribution in [2.24, 2.45) is 4.99 Å². The monoisotopic (exact) mass is 383 g/mol. The third-order valence-electron chi connectivity index (χ3n) is 4.39. The topological polar surface area (TPSA) is 65.9 Å². The second kappa shape index (κ2) is 8.88. The number of aliphatic imine (C=N–C) groups is 1. The first kappa shape index (κ1) is 19.2. The molecule has 0 amide bonds. The molecule has 0 fully saturated rings. The van der Waals surface area contributed by atoms with Gasteiger partial charge in [-0.1, -0.05) is 30.3 Å². The second-order valence-electron chi connectivity index (χ2n) is 6.31. The van der Waals surface area contributed by atoms with Gasteiger partial charge in [0, 0.05) is 29.7 Å². The third kappa shape index (κ3) is 4.78. The van der Waals surface area contributed by atoms with Crippen molar-refractivity contribution in [3.63, 3.8) is 0 Å². The van der Waals surface area contributed by atoms with E-state index in [-0.39, 0.29) is 0 Å². The van der Waals surface area contributed by atoms with Crippen molar-refractivity contribution in [3.05, 3.63) is 64.5 Å². The Kier molecular flexibility index (Phi) is 6.32. The summed E-state index contributed by atoms with van der Waals surface area (Å²) in [6, 6.07) is 16.3. The normalized spacial score (nSPS) is 12.8. The minimum atomic E-state index is -0.583. The van der Waals surface area contributed by atoms with Crippen molar-refractivity contribution in [1.82, 2.24) is 10.6 Å². The summed E-state index contributed by atoms with van der Waals surface area (Å²) in [5.74, 6) is 1.52. The summed E-state index contributed by atoms with van der Waals surface area (Å²) in [7, 11) is 3.40. The van der Waals surface area contributed by atoms with Gasteiger partial charge in [-0.3, -0.25) is 4.99 Å². The summed E-state index contributed by atoms with van der Waals surface area (Å²) in [5.41, 5.74) is 2.21. The van der Waals surface area contributed by atoms with Gasteiger partial charge in [0.15, 0.2) is 5.96 Å². The number of fused-ring (bicyclic) bond motifs is 1. The first-order valence-corrected chi connectivity index (χ1v) is 9.67. The lowest BCUT2D eigenvalue weighted by molar-refractivity contribution is 0.184. The molecule has 1 unspecified atom stereocenters. The van der Waals surface area contributed by atoms with Gasteiger partial charge in [-0.25, -0.2) is 0 Å². The molecule has 6 heteroatoms. The number of hydrogen-bond acceptors (Lipinski definition) is 4. The molecule has 0 radical (unpaired) electrons. The van der Waals surface area contributed by atoms with E-state index in [0.29, 0.717) is 19.0 Å². The van der Waals surface area contributed by atoms with Crippen LogP contribution in [0, 0.1) is 6.92 Å². The highest BCUT2D eigenvalue weighted by Crippen LogP contribution is 2.29. The van der Waals surface area contributed by atoms with E-state index in [9.17, 15) is 5.11 Å².